The molecular weight excluding hydrogens is 242 g/mol. The maximum Gasteiger partial charge on any atom is 0.412 e. The van der Waals surface area contributed by atoms with Gasteiger partial charge in [-0.1, -0.05) is 36.4 Å². The molecule has 0 aliphatic heterocycles. The lowest BCUT2D eigenvalue weighted by Crippen LogP contribution is -2.13. The van der Waals surface area contributed by atoms with Crippen molar-refractivity contribution in [1.82, 2.24) is 0 Å². The average molecular weight is 257 g/mol. The standard InChI is InChI=1S/C15H15NO3/c1-11-7-8-14(17)13(9-11)16-15(18)19-10-12-5-3-2-4-6-12/h2-9,17H,10H2,1H3,(H,16,18). The van der Waals surface area contributed by atoms with Crippen LogP contribution in [0.15, 0.2) is 48.5 Å². The number of carbonyl (C=O) groups is 1. The molecule has 0 aromatic heterocycles. The Morgan fingerprint density at radius 1 is 1.21 bits per heavy atom. The minimum absolute atomic E-state index is 0.0160. The number of anilines is 1. The molecule has 0 aliphatic rings. The van der Waals surface area contributed by atoms with Gasteiger partial charge in [-0.15, -0.1) is 0 Å². The Balaban J connectivity index is 1.93. The van der Waals surface area contributed by atoms with E-state index in [0.29, 0.717) is 5.69 Å². The van der Waals surface area contributed by atoms with E-state index in [1.54, 1.807) is 12.1 Å². The first-order chi connectivity index (χ1) is 9.15. The van der Waals surface area contributed by atoms with Crippen LogP contribution in [0, 0.1) is 6.92 Å². The van der Waals surface area contributed by atoms with E-state index in [9.17, 15) is 9.90 Å². The molecule has 0 fully saturated rings. The second-order valence-corrected chi connectivity index (χ2v) is 4.21. The highest BCUT2D eigenvalue weighted by Crippen LogP contribution is 2.23. The molecule has 4 heteroatoms. The van der Waals surface area contributed by atoms with Crippen molar-refractivity contribution < 1.29 is 14.6 Å². The van der Waals surface area contributed by atoms with E-state index in [1.807, 2.05) is 37.3 Å². The fourth-order valence-corrected chi connectivity index (χ4v) is 1.62. The molecule has 0 heterocycles. The summed E-state index contributed by atoms with van der Waals surface area (Å²) in [6.45, 7) is 2.07. The quantitative estimate of drug-likeness (QED) is 0.828. The van der Waals surface area contributed by atoms with Gasteiger partial charge in [-0.3, -0.25) is 5.32 Å². The lowest BCUT2D eigenvalue weighted by atomic mass is 10.2. The van der Waals surface area contributed by atoms with E-state index in [-0.39, 0.29) is 12.4 Å². The smallest absolute Gasteiger partial charge is 0.412 e. The van der Waals surface area contributed by atoms with Crippen LogP contribution in [0.1, 0.15) is 11.1 Å². The lowest BCUT2D eigenvalue weighted by molar-refractivity contribution is 0.155. The Hall–Kier alpha value is -2.49. The third kappa shape index (κ3) is 3.74. The molecule has 19 heavy (non-hydrogen) atoms. The maximum absolute atomic E-state index is 11.6. The second kappa shape index (κ2) is 5.91. The van der Waals surface area contributed by atoms with Crippen LogP contribution in [0.2, 0.25) is 0 Å². The number of carbonyl (C=O) groups excluding carboxylic acids is 1. The highest BCUT2D eigenvalue weighted by atomic mass is 16.5. The molecule has 0 atom stereocenters. The summed E-state index contributed by atoms with van der Waals surface area (Å²) in [4.78, 5) is 11.6. The number of aryl methyl sites for hydroxylation is 1. The number of nitrogens with one attached hydrogen (secondary N) is 1. The van der Waals surface area contributed by atoms with Crippen LogP contribution in [0.4, 0.5) is 10.5 Å². The number of phenols is 1. The van der Waals surface area contributed by atoms with Crippen LogP contribution in [-0.2, 0) is 11.3 Å². The largest absolute Gasteiger partial charge is 0.506 e. The van der Waals surface area contributed by atoms with Crippen molar-refractivity contribution in [3.63, 3.8) is 0 Å². The van der Waals surface area contributed by atoms with Gasteiger partial charge in [0.05, 0.1) is 5.69 Å². The summed E-state index contributed by atoms with van der Waals surface area (Å²) in [5.41, 5.74) is 2.19. The molecule has 0 bridgehead atoms. The van der Waals surface area contributed by atoms with Gasteiger partial charge in [0.1, 0.15) is 12.4 Å². The number of aromatic hydroxyl groups is 1. The lowest BCUT2D eigenvalue weighted by Gasteiger charge is -2.09. The zero-order chi connectivity index (χ0) is 13.7. The van der Waals surface area contributed by atoms with Crippen molar-refractivity contribution in [2.24, 2.45) is 0 Å². The fraction of sp³-hybridized carbons (Fsp3) is 0.133. The molecule has 4 nitrogen and oxygen atoms in total. The van der Waals surface area contributed by atoms with Gasteiger partial charge < -0.3 is 9.84 Å². The summed E-state index contributed by atoms with van der Waals surface area (Å²) in [5, 5.41) is 12.1. The van der Waals surface area contributed by atoms with Crippen LogP contribution in [0.5, 0.6) is 5.75 Å². The number of benzene rings is 2. The Morgan fingerprint density at radius 3 is 2.68 bits per heavy atom. The molecule has 0 aliphatic carbocycles. The number of ether oxygens (including phenoxy) is 1. The minimum Gasteiger partial charge on any atom is -0.506 e. The summed E-state index contributed by atoms with van der Waals surface area (Å²) in [6, 6.07) is 14.4. The van der Waals surface area contributed by atoms with E-state index in [4.69, 9.17) is 4.74 Å². The molecule has 0 spiro atoms. The van der Waals surface area contributed by atoms with Crippen LogP contribution in [0.25, 0.3) is 0 Å². The van der Waals surface area contributed by atoms with Crippen molar-refractivity contribution in [3.05, 3.63) is 59.7 Å². The third-order valence-electron chi connectivity index (χ3n) is 2.60. The maximum atomic E-state index is 11.6. The fourth-order valence-electron chi connectivity index (χ4n) is 1.62. The summed E-state index contributed by atoms with van der Waals surface area (Å²) >= 11 is 0. The van der Waals surface area contributed by atoms with Crippen LogP contribution < -0.4 is 5.32 Å². The Kier molecular flexibility index (Phi) is 4.03. The average Bonchev–Trinajstić information content (AvgIpc) is 2.42. The van der Waals surface area contributed by atoms with Crippen molar-refractivity contribution in [2.75, 3.05) is 5.32 Å². The third-order valence-corrected chi connectivity index (χ3v) is 2.60. The van der Waals surface area contributed by atoms with Crippen LogP contribution >= 0.6 is 0 Å². The molecule has 0 saturated heterocycles. The Labute approximate surface area is 111 Å². The minimum atomic E-state index is -0.593. The van der Waals surface area contributed by atoms with Crippen molar-refractivity contribution in [2.45, 2.75) is 13.5 Å². The van der Waals surface area contributed by atoms with Gasteiger partial charge in [0.15, 0.2) is 0 Å². The summed E-state index contributed by atoms with van der Waals surface area (Å²) < 4.78 is 5.07. The summed E-state index contributed by atoms with van der Waals surface area (Å²) in [6.07, 6.45) is -0.593. The highest BCUT2D eigenvalue weighted by Gasteiger charge is 2.07. The van der Waals surface area contributed by atoms with Gasteiger partial charge in [-0.05, 0) is 30.2 Å². The van der Waals surface area contributed by atoms with Crippen LogP contribution in [0.3, 0.4) is 0 Å². The first kappa shape index (κ1) is 13.0. The summed E-state index contributed by atoms with van der Waals surface area (Å²) in [7, 11) is 0. The van der Waals surface area contributed by atoms with Gasteiger partial charge in [0.2, 0.25) is 0 Å². The zero-order valence-electron chi connectivity index (χ0n) is 10.6. The molecule has 2 rings (SSSR count). The van der Waals surface area contributed by atoms with Crippen molar-refractivity contribution >= 4 is 11.8 Å². The highest BCUT2D eigenvalue weighted by molar-refractivity contribution is 5.86. The monoisotopic (exact) mass is 257 g/mol. The number of rotatable bonds is 3. The normalized spacial score (nSPS) is 9.95. The van der Waals surface area contributed by atoms with Gasteiger partial charge in [0.25, 0.3) is 0 Å². The zero-order valence-corrected chi connectivity index (χ0v) is 10.6. The molecular formula is C15H15NO3. The molecule has 0 saturated carbocycles. The molecule has 0 radical (unpaired) electrons. The first-order valence-corrected chi connectivity index (χ1v) is 5.92. The van der Waals surface area contributed by atoms with Crippen molar-refractivity contribution in [3.8, 4) is 5.75 Å². The number of amides is 1. The van der Waals surface area contributed by atoms with E-state index in [0.717, 1.165) is 11.1 Å². The Morgan fingerprint density at radius 2 is 1.95 bits per heavy atom. The van der Waals surface area contributed by atoms with Gasteiger partial charge in [-0.25, -0.2) is 4.79 Å². The van der Waals surface area contributed by atoms with Gasteiger partial charge in [0, 0.05) is 0 Å². The molecule has 2 aromatic rings. The first-order valence-electron chi connectivity index (χ1n) is 5.92. The second-order valence-electron chi connectivity index (χ2n) is 4.21. The molecule has 0 unspecified atom stereocenters. The topological polar surface area (TPSA) is 58.6 Å². The van der Waals surface area contributed by atoms with E-state index < -0.39 is 6.09 Å². The molecule has 1 amide bonds. The predicted molar refractivity (Wildman–Crippen MR) is 73.1 cm³/mol. The van der Waals surface area contributed by atoms with Gasteiger partial charge >= 0.3 is 6.09 Å². The molecule has 98 valence electrons. The van der Waals surface area contributed by atoms with E-state index in [1.165, 1.54) is 6.07 Å². The van der Waals surface area contributed by atoms with Crippen molar-refractivity contribution in [1.29, 1.82) is 0 Å². The predicted octanol–water partition coefficient (Wildman–Crippen LogP) is 3.45. The van der Waals surface area contributed by atoms with E-state index in [2.05, 4.69) is 5.32 Å². The molecule has 2 aromatic carbocycles. The summed E-state index contributed by atoms with van der Waals surface area (Å²) in [5.74, 6) is 0.0160. The molecule has 2 N–H and O–H groups in total. The van der Waals surface area contributed by atoms with Crippen LogP contribution in [-0.4, -0.2) is 11.2 Å². The number of hydrogen-bond donors (Lipinski definition) is 2. The van der Waals surface area contributed by atoms with E-state index >= 15 is 0 Å². The Bertz CT molecular complexity index is 567. The number of phenolic OH excluding ortho intramolecular Hbond substituents is 1. The van der Waals surface area contributed by atoms with Gasteiger partial charge in [-0.2, -0.15) is 0 Å². The number of hydrogen-bond acceptors (Lipinski definition) is 3. The SMILES string of the molecule is Cc1ccc(O)c(NC(=O)OCc2ccccc2)c1.